The minimum Gasteiger partial charge on any atom is -0.380 e. The van der Waals surface area contributed by atoms with Crippen molar-refractivity contribution in [2.24, 2.45) is 0 Å². The van der Waals surface area contributed by atoms with Gasteiger partial charge >= 0.3 is 0 Å². The third-order valence-electron chi connectivity index (χ3n) is 2.25. The fourth-order valence-electron chi connectivity index (χ4n) is 1.39. The second-order valence-electron chi connectivity index (χ2n) is 3.52. The van der Waals surface area contributed by atoms with Gasteiger partial charge in [-0.15, -0.1) is 11.3 Å². The van der Waals surface area contributed by atoms with Crippen LogP contribution in [0.25, 0.3) is 0 Å². The van der Waals surface area contributed by atoms with Gasteiger partial charge in [0.15, 0.2) is 0 Å². The fraction of sp³-hybridized carbons (Fsp3) is 0.167. The van der Waals surface area contributed by atoms with Crippen molar-refractivity contribution in [1.29, 1.82) is 0 Å². The largest absolute Gasteiger partial charge is 0.380 e. The molecule has 1 heterocycles. The van der Waals surface area contributed by atoms with E-state index in [1.807, 2.05) is 0 Å². The summed E-state index contributed by atoms with van der Waals surface area (Å²) in [5, 5.41) is 3.41. The molecule has 0 aliphatic rings. The maximum Gasteiger partial charge on any atom is 0.0702 e. The van der Waals surface area contributed by atoms with E-state index in [1.165, 1.54) is 14.2 Å². The first-order valence-electron chi connectivity index (χ1n) is 4.89. The van der Waals surface area contributed by atoms with Gasteiger partial charge in [-0.05, 0) is 58.7 Å². The van der Waals surface area contributed by atoms with Gasteiger partial charge in [-0.25, -0.2) is 0 Å². The van der Waals surface area contributed by atoms with E-state index in [9.17, 15) is 0 Å². The van der Waals surface area contributed by atoms with E-state index < -0.39 is 0 Å². The Labute approximate surface area is 116 Å². The monoisotopic (exact) mass is 359 g/mol. The zero-order valence-electron chi connectivity index (χ0n) is 8.76. The van der Waals surface area contributed by atoms with Crippen molar-refractivity contribution in [1.82, 2.24) is 0 Å². The van der Waals surface area contributed by atoms with Gasteiger partial charge < -0.3 is 5.32 Å². The SMILES string of the molecule is Cc1cc(NCc2ccc(Br)s2)ccc1Br. The summed E-state index contributed by atoms with van der Waals surface area (Å²) in [4.78, 5) is 1.33. The second-order valence-corrected chi connectivity index (χ2v) is 6.93. The van der Waals surface area contributed by atoms with Crippen LogP contribution >= 0.6 is 43.2 Å². The van der Waals surface area contributed by atoms with E-state index in [1.54, 1.807) is 11.3 Å². The average molecular weight is 361 g/mol. The number of nitrogens with one attached hydrogen (secondary N) is 1. The topological polar surface area (TPSA) is 12.0 Å². The summed E-state index contributed by atoms with van der Waals surface area (Å²) in [5.74, 6) is 0. The lowest BCUT2D eigenvalue weighted by Crippen LogP contribution is -1.97. The first-order valence-corrected chi connectivity index (χ1v) is 7.29. The molecular formula is C12H11Br2NS. The minimum absolute atomic E-state index is 0.872. The molecule has 0 fully saturated rings. The zero-order chi connectivity index (χ0) is 11.5. The smallest absolute Gasteiger partial charge is 0.0702 e. The molecule has 0 aliphatic heterocycles. The van der Waals surface area contributed by atoms with Crippen LogP contribution in [0.2, 0.25) is 0 Å². The molecule has 84 valence electrons. The van der Waals surface area contributed by atoms with Crippen LogP contribution in [0.4, 0.5) is 5.69 Å². The lowest BCUT2D eigenvalue weighted by molar-refractivity contribution is 1.19. The molecule has 0 radical (unpaired) electrons. The highest BCUT2D eigenvalue weighted by Crippen LogP contribution is 2.24. The van der Waals surface area contributed by atoms with Gasteiger partial charge in [-0.2, -0.15) is 0 Å². The summed E-state index contributed by atoms with van der Waals surface area (Å²) >= 11 is 8.72. The van der Waals surface area contributed by atoms with Crippen LogP contribution in [0.15, 0.2) is 38.6 Å². The molecule has 0 spiro atoms. The standard InChI is InChI=1S/C12H11Br2NS/c1-8-6-9(2-4-11(8)13)15-7-10-3-5-12(14)16-10/h2-6,15H,7H2,1H3. The third-order valence-corrected chi connectivity index (χ3v) is 4.77. The molecule has 2 rings (SSSR count). The van der Waals surface area contributed by atoms with E-state index in [2.05, 4.69) is 74.4 Å². The molecule has 0 unspecified atom stereocenters. The van der Waals surface area contributed by atoms with E-state index in [0.717, 1.165) is 16.7 Å². The molecular weight excluding hydrogens is 350 g/mol. The first kappa shape index (κ1) is 12.1. The molecule has 16 heavy (non-hydrogen) atoms. The van der Waals surface area contributed by atoms with Crippen LogP contribution in [0, 0.1) is 6.92 Å². The van der Waals surface area contributed by atoms with E-state index in [4.69, 9.17) is 0 Å². The van der Waals surface area contributed by atoms with Gasteiger partial charge in [0, 0.05) is 21.6 Å². The molecule has 1 nitrogen and oxygen atoms in total. The highest BCUT2D eigenvalue weighted by molar-refractivity contribution is 9.11. The van der Waals surface area contributed by atoms with Gasteiger partial charge in [-0.1, -0.05) is 15.9 Å². The van der Waals surface area contributed by atoms with Crippen LogP contribution < -0.4 is 5.32 Å². The number of anilines is 1. The molecule has 0 aliphatic carbocycles. The average Bonchev–Trinajstić information content (AvgIpc) is 2.66. The van der Waals surface area contributed by atoms with Crippen LogP contribution in [0.3, 0.4) is 0 Å². The number of hydrogen-bond donors (Lipinski definition) is 1. The van der Waals surface area contributed by atoms with Gasteiger partial charge in [0.1, 0.15) is 0 Å². The molecule has 1 aromatic heterocycles. The summed E-state index contributed by atoms with van der Waals surface area (Å²) < 4.78 is 2.33. The summed E-state index contributed by atoms with van der Waals surface area (Å²) in [6, 6.07) is 10.5. The Bertz CT molecular complexity index is 494. The van der Waals surface area contributed by atoms with Gasteiger partial charge in [0.25, 0.3) is 0 Å². The van der Waals surface area contributed by atoms with Gasteiger partial charge in [-0.3, -0.25) is 0 Å². The molecule has 0 bridgehead atoms. The van der Waals surface area contributed by atoms with E-state index in [-0.39, 0.29) is 0 Å². The number of hydrogen-bond acceptors (Lipinski definition) is 2. The summed E-state index contributed by atoms with van der Waals surface area (Å²) in [7, 11) is 0. The first-order chi connectivity index (χ1) is 7.65. The predicted molar refractivity (Wildman–Crippen MR) is 78.2 cm³/mol. The molecule has 2 aromatic rings. The Balaban J connectivity index is 2.02. The third kappa shape index (κ3) is 3.09. The zero-order valence-corrected chi connectivity index (χ0v) is 12.7. The molecule has 1 aromatic carbocycles. The van der Waals surface area contributed by atoms with E-state index >= 15 is 0 Å². The number of thiophene rings is 1. The van der Waals surface area contributed by atoms with Gasteiger partial charge in [0.2, 0.25) is 0 Å². The van der Waals surface area contributed by atoms with Crippen molar-refractivity contribution in [3.63, 3.8) is 0 Å². The van der Waals surface area contributed by atoms with Crippen molar-refractivity contribution < 1.29 is 0 Å². The molecule has 0 saturated heterocycles. The normalized spacial score (nSPS) is 10.4. The highest BCUT2D eigenvalue weighted by Gasteiger charge is 1.99. The summed E-state index contributed by atoms with van der Waals surface area (Å²) in [6.07, 6.45) is 0. The maximum atomic E-state index is 3.50. The molecule has 0 atom stereocenters. The molecule has 0 saturated carbocycles. The van der Waals surface area contributed by atoms with Crippen molar-refractivity contribution >= 4 is 48.9 Å². The van der Waals surface area contributed by atoms with E-state index in [0.29, 0.717) is 0 Å². The predicted octanol–water partition coefficient (Wildman–Crippen LogP) is 5.19. The Hall–Kier alpha value is -0.320. The summed E-state index contributed by atoms with van der Waals surface area (Å²) in [5.41, 5.74) is 2.41. The number of halogens is 2. The molecule has 0 amide bonds. The number of aryl methyl sites for hydroxylation is 1. The number of benzene rings is 1. The van der Waals surface area contributed by atoms with Gasteiger partial charge in [0.05, 0.1) is 3.79 Å². The quantitative estimate of drug-likeness (QED) is 0.793. The lowest BCUT2D eigenvalue weighted by atomic mass is 10.2. The van der Waals surface area contributed by atoms with Crippen LogP contribution in [0.5, 0.6) is 0 Å². The Morgan fingerprint density at radius 2 is 2.00 bits per heavy atom. The van der Waals surface area contributed by atoms with Crippen LogP contribution in [-0.2, 0) is 6.54 Å². The van der Waals surface area contributed by atoms with Crippen LogP contribution in [0.1, 0.15) is 10.4 Å². The van der Waals surface area contributed by atoms with Crippen molar-refractivity contribution in [2.75, 3.05) is 5.32 Å². The maximum absolute atomic E-state index is 3.50. The highest BCUT2D eigenvalue weighted by atomic mass is 79.9. The number of rotatable bonds is 3. The van der Waals surface area contributed by atoms with Crippen molar-refractivity contribution in [2.45, 2.75) is 13.5 Å². The Kier molecular flexibility index (Phi) is 4.05. The second kappa shape index (κ2) is 5.34. The van der Waals surface area contributed by atoms with Crippen molar-refractivity contribution in [3.8, 4) is 0 Å². The minimum atomic E-state index is 0.872. The van der Waals surface area contributed by atoms with Crippen molar-refractivity contribution in [3.05, 3.63) is 49.0 Å². The molecule has 1 N–H and O–H groups in total. The summed E-state index contributed by atoms with van der Waals surface area (Å²) in [6.45, 7) is 2.97. The van der Waals surface area contributed by atoms with Crippen LogP contribution in [-0.4, -0.2) is 0 Å². The Morgan fingerprint density at radius 3 is 2.62 bits per heavy atom. The Morgan fingerprint density at radius 1 is 1.19 bits per heavy atom. The molecule has 4 heteroatoms. The lowest BCUT2D eigenvalue weighted by Gasteiger charge is -2.06. The fourth-order valence-corrected chi connectivity index (χ4v) is 3.06.